The molecular weight excluding hydrogens is 458 g/mol. The fraction of sp³-hybridized carbons (Fsp3) is 0.730. The van der Waals surface area contributed by atoms with Crippen LogP contribution < -0.4 is 5.73 Å². The highest BCUT2D eigenvalue weighted by Crippen LogP contribution is 2.54. The second-order valence-corrected chi connectivity index (χ2v) is 13.9. The van der Waals surface area contributed by atoms with Crippen molar-refractivity contribution in [3.63, 3.8) is 0 Å². The molecule has 38 heavy (non-hydrogen) atoms. The number of unbranched alkanes of at least 4 members (excludes halogenated alkanes) is 1. The Labute approximate surface area is 234 Å². The lowest BCUT2D eigenvalue weighted by molar-refractivity contribution is 0.113. The van der Waals surface area contributed by atoms with E-state index in [0.29, 0.717) is 0 Å². The molecule has 0 aromatic rings. The summed E-state index contributed by atoms with van der Waals surface area (Å²) in [5.41, 5.74) is 13.4. The molecule has 2 saturated carbocycles. The highest BCUT2D eigenvalue weighted by atomic mass is 14.5. The van der Waals surface area contributed by atoms with Crippen LogP contribution in [0.5, 0.6) is 0 Å². The maximum atomic E-state index is 5.58. The summed E-state index contributed by atoms with van der Waals surface area (Å²) in [4.78, 5) is 0. The average Bonchev–Trinajstić information content (AvgIpc) is 2.99. The molecule has 2 fully saturated rings. The summed E-state index contributed by atoms with van der Waals surface area (Å²) < 4.78 is 0. The minimum atomic E-state index is 0.783. The van der Waals surface area contributed by atoms with Crippen LogP contribution in [-0.4, -0.2) is 0 Å². The van der Waals surface area contributed by atoms with Gasteiger partial charge in [0.1, 0.15) is 0 Å². The molecular formula is C37H55N. The van der Waals surface area contributed by atoms with Gasteiger partial charge >= 0.3 is 0 Å². The molecule has 5 atom stereocenters. The number of hydrogen-bond donors (Lipinski definition) is 1. The minimum absolute atomic E-state index is 0.783. The monoisotopic (exact) mass is 513 g/mol. The van der Waals surface area contributed by atoms with Gasteiger partial charge in [-0.1, -0.05) is 59.1 Å². The van der Waals surface area contributed by atoms with Gasteiger partial charge in [-0.3, -0.25) is 0 Å². The van der Waals surface area contributed by atoms with Crippen molar-refractivity contribution >= 4 is 0 Å². The highest BCUT2D eigenvalue weighted by molar-refractivity contribution is 5.29. The molecule has 0 aromatic carbocycles. The predicted octanol–water partition coefficient (Wildman–Crippen LogP) is 10.4. The summed E-state index contributed by atoms with van der Waals surface area (Å²) in [6, 6.07) is 0. The Hall–Kier alpha value is -1.50. The zero-order chi connectivity index (χ0) is 25.7. The predicted molar refractivity (Wildman–Crippen MR) is 162 cm³/mol. The van der Waals surface area contributed by atoms with E-state index in [1.165, 1.54) is 122 Å². The lowest BCUT2D eigenvalue weighted by atomic mass is 9.58. The van der Waals surface area contributed by atoms with Crippen LogP contribution in [0.2, 0.25) is 0 Å². The molecule has 2 N–H and O–H groups in total. The molecule has 1 nitrogen and oxygen atoms in total. The van der Waals surface area contributed by atoms with Crippen LogP contribution in [0.3, 0.4) is 0 Å². The van der Waals surface area contributed by atoms with E-state index in [0.717, 1.165) is 47.8 Å². The second kappa shape index (κ2) is 12.8. The Morgan fingerprint density at radius 2 is 1.42 bits per heavy atom. The molecule has 208 valence electrons. The molecule has 6 rings (SSSR count). The van der Waals surface area contributed by atoms with Crippen LogP contribution in [0, 0.1) is 41.4 Å². The van der Waals surface area contributed by atoms with Crippen molar-refractivity contribution in [2.24, 2.45) is 47.2 Å². The SMILES string of the molecule is N/C=C\CCCC1=C2CCCCC2C(C2CCC(C3CCC(C4C=CC=CC4)C4=C3CCCC4)CC2)CC1. The Bertz CT molecular complexity index is 951. The van der Waals surface area contributed by atoms with Crippen molar-refractivity contribution < 1.29 is 0 Å². The molecule has 0 aliphatic heterocycles. The normalized spacial score (nSPS) is 37.9. The van der Waals surface area contributed by atoms with Gasteiger partial charge in [-0.25, -0.2) is 0 Å². The third-order valence-corrected chi connectivity index (χ3v) is 12.2. The molecule has 6 aliphatic rings. The first-order valence-corrected chi connectivity index (χ1v) is 17.0. The zero-order valence-electron chi connectivity index (χ0n) is 24.2. The van der Waals surface area contributed by atoms with E-state index in [1.807, 2.05) is 22.3 Å². The van der Waals surface area contributed by atoms with Gasteiger partial charge in [0, 0.05) is 0 Å². The Balaban J connectivity index is 1.10. The van der Waals surface area contributed by atoms with Gasteiger partial charge < -0.3 is 5.73 Å². The molecule has 5 unspecified atom stereocenters. The fourth-order valence-electron chi connectivity index (χ4n) is 10.4. The van der Waals surface area contributed by atoms with E-state index in [4.69, 9.17) is 5.73 Å². The Morgan fingerprint density at radius 1 is 0.684 bits per heavy atom. The number of nitrogens with two attached hydrogens (primary N) is 1. The molecule has 0 amide bonds. The van der Waals surface area contributed by atoms with E-state index >= 15 is 0 Å². The fourth-order valence-corrected chi connectivity index (χ4v) is 10.4. The van der Waals surface area contributed by atoms with Crippen molar-refractivity contribution in [2.75, 3.05) is 0 Å². The number of rotatable bonds is 7. The largest absolute Gasteiger partial charge is 0.405 e. The Kier molecular flexibility index (Phi) is 8.98. The molecule has 0 radical (unpaired) electrons. The summed E-state index contributed by atoms with van der Waals surface area (Å²) in [7, 11) is 0. The van der Waals surface area contributed by atoms with Crippen LogP contribution in [-0.2, 0) is 0 Å². The topological polar surface area (TPSA) is 26.0 Å². The third-order valence-electron chi connectivity index (χ3n) is 12.2. The van der Waals surface area contributed by atoms with E-state index in [1.54, 1.807) is 6.20 Å². The highest BCUT2D eigenvalue weighted by Gasteiger charge is 2.42. The standard InChI is InChI=1S/C37H55N/c38-26-10-2-5-13-28-22-23-32(35-15-7-6-14-31(28)35)29-18-20-30(21-19-29)34-25-24-33(27-11-3-1-4-12-27)36-16-8-9-17-37(34)36/h1,3-4,10-11,26-27,29-30,32-35H,2,5-9,12-25,38H2/b26-10-. The van der Waals surface area contributed by atoms with Gasteiger partial charge in [-0.2, -0.15) is 0 Å². The van der Waals surface area contributed by atoms with Crippen LogP contribution >= 0.6 is 0 Å². The molecule has 0 bridgehead atoms. The van der Waals surface area contributed by atoms with Crippen LogP contribution in [0.4, 0.5) is 0 Å². The van der Waals surface area contributed by atoms with E-state index in [-0.39, 0.29) is 0 Å². The molecule has 6 aliphatic carbocycles. The summed E-state index contributed by atoms with van der Waals surface area (Å²) >= 11 is 0. The van der Waals surface area contributed by atoms with Gasteiger partial charge in [0.15, 0.2) is 0 Å². The first-order valence-electron chi connectivity index (χ1n) is 17.0. The van der Waals surface area contributed by atoms with Crippen molar-refractivity contribution in [1.29, 1.82) is 0 Å². The summed E-state index contributed by atoms with van der Waals surface area (Å²) in [5.74, 6) is 6.54. The van der Waals surface area contributed by atoms with E-state index < -0.39 is 0 Å². The smallest absolute Gasteiger partial charge is 0.0103 e. The average molecular weight is 514 g/mol. The maximum absolute atomic E-state index is 5.58. The number of fused-ring (bicyclic) bond motifs is 1. The van der Waals surface area contributed by atoms with Crippen LogP contribution in [0.25, 0.3) is 0 Å². The van der Waals surface area contributed by atoms with Gasteiger partial charge in [0.25, 0.3) is 0 Å². The molecule has 0 spiro atoms. The summed E-state index contributed by atoms with van der Waals surface area (Å²) in [6.07, 6.45) is 42.1. The number of allylic oxidation sites excluding steroid dienone is 9. The third kappa shape index (κ3) is 5.69. The van der Waals surface area contributed by atoms with Crippen molar-refractivity contribution in [2.45, 2.75) is 128 Å². The molecule has 1 heteroatoms. The van der Waals surface area contributed by atoms with Gasteiger partial charge in [-0.15, -0.1) is 0 Å². The Morgan fingerprint density at radius 3 is 2.21 bits per heavy atom. The van der Waals surface area contributed by atoms with Gasteiger partial charge in [-0.05, 0) is 170 Å². The van der Waals surface area contributed by atoms with Gasteiger partial charge in [0.05, 0.1) is 0 Å². The quantitative estimate of drug-likeness (QED) is 0.266. The number of hydrogen-bond acceptors (Lipinski definition) is 1. The summed E-state index contributed by atoms with van der Waals surface area (Å²) in [5, 5.41) is 0. The van der Waals surface area contributed by atoms with Crippen molar-refractivity contribution in [3.8, 4) is 0 Å². The second-order valence-electron chi connectivity index (χ2n) is 13.9. The first-order chi connectivity index (χ1) is 18.8. The van der Waals surface area contributed by atoms with Gasteiger partial charge in [0.2, 0.25) is 0 Å². The molecule has 0 saturated heterocycles. The lowest BCUT2D eigenvalue weighted by Gasteiger charge is -2.47. The zero-order valence-corrected chi connectivity index (χ0v) is 24.2. The minimum Gasteiger partial charge on any atom is -0.405 e. The van der Waals surface area contributed by atoms with Crippen molar-refractivity contribution in [3.05, 3.63) is 58.9 Å². The van der Waals surface area contributed by atoms with Crippen molar-refractivity contribution in [1.82, 2.24) is 0 Å². The van der Waals surface area contributed by atoms with E-state index in [9.17, 15) is 0 Å². The van der Waals surface area contributed by atoms with Crippen LogP contribution in [0.1, 0.15) is 128 Å². The summed E-state index contributed by atoms with van der Waals surface area (Å²) in [6.45, 7) is 0. The molecule has 0 aromatic heterocycles. The van der Waals surface area contributed by atoms with Crippen LogP contribution in [0.15, 0.2) is 58.9 Å². The van der Waals surface area contributed by atoms with E-state index in [2.05, 4.69) is 30.4 Å². The molecule has 0 heterocycles. The lowest BCUT2D eigenvalue weighted by Crippen LogP contribution is -2.36. The maximum Gasteiger partial charge on any atom is -0.0103 e. The first kappa shape index (κ1) is 26.7.